The van der Waals surface area contributed by atoms with Gasteiger partial charge in [-0.25, -0.2) is 9.86 Å². The largest absolute Gasteiger partial charge is 0.456 e. The highest BCUT2D eigenvalue weighted by Gasteiger charge is 2.12. The van der Waals surface area contributed by atoms with Gasteiger partial charge < -0.3 is 10.2 Å². The van der Waals surface area contributed by atoms with Gasteiger partial charge >= 0.3 is 6.03 Å². The number of primary amides is 1. The van der Waals surface area contributed by atoms with Gasteiger partial charge in [-0.15, -0.1) is 0 Å². The van der Waals surface area contributed by atoms with Crippen molar-refractivity contribution in [1.29, 1.82) is 0 Å². The molecule has 5 nitrogen and oxygen atoms in total. The Kier molecular flexibility index (Phi) is 3.04. The average molecular weight is 270 g/mol. The summed E-state index contributed by atoms with van der Waals surface area (Å²) in [5.41, 5.74) is 7.53. The number of amides is 2. The van der Waals surface area contributed by atoms with E-state index in [2.05, 4.69) is 0 Å². The Bertz CT molecular complexity index is 779. The number of urea groups is 1. The summed E-state index contributed by atoms with van der Waals surface area (Å²) in [5.74, 6) is 0. The molecule has 1 aromatic heterocycles. The summed E-state index contributed by atoms with van der Waals surface area (Å²) in [4.78, 5) is 10.8. The van der Waals surface area contributed by atoms with E-state index in [1.54, 1.807) is 0 Å². The van der Waals surface area contributed by atoms with Crippen molar-refractivity contribution in [1.82, 2.24) is 5.06 Å². The predicted molar refractivity (Wildman–Crippen MR) is 75.5 cm³/mol. The predicted octanol–water partition coefficient (Wildman–Crippen LogP) is 2.90. The minimum Gasteiger partial charge on any atom is -0.456 e. The summed E-state index contributed by atoms with van der Waals surface area (Å²) in [5, 5.41) is 11.9. The topological polar surface area (TPSA) is 79.7 Å². The monoisotopic (exact) mass is 270 g/mol. The molecule has 3 aromatic rings. The van der Waals surface area contributed by atoms with Crippen molar-refractivity contribution in [2.45, 2.75) is 6.42 Å². The van der Waals surface area contributed by atoms with Crippen molar-refractivity contribution in [2.24, 2.45) is 5.73 Å². The van der Waals surface area contributed by atoms with Crippen LogP contribution in [0.5, 0.6) is 0 Å². The summed E-state index contributed by atoms with van der Waals surface area (Å²) in [6.07, 6.45) is 0.469. The first-order valence-corrected chi connectivity index (χ1v) is 6.32. The van der Waals surface area contributed by atoms with Gasteiger partial charge in [0.05, 0.1) is 6.54 Å². The van der Waals surface area contributed by atoms with E-state index in [4.69, 9.17) is 10.2 Å². The molecule has 0 saturated carbocycles. The Morgan fingerprint density at radius 2 is 1.90 bits per heavy atom. The minimum atomic E-state index is -0.859. The number of hydrogen-bond donors (Lipinski definition) is 2. The van der Waals surface area contributed by atoms with Crippen molar-refractivity contribution in [3.63, 3.8) is 0 Å². The molecule has 0 aliphatic rings. The fourth-order valence-corrected chi connectivity index (χ4v) is 2.34. The first-order chi connectivity index (χ1) is 9.66. The third-order valence-corrected chi connectivity index (χ3v) is 3.33. The second-order valence-corrected chi connectivity index (χ2v) is 4.60. The van der Waals surface area contributed by atoms with E-state index in [1.807, 2.05) is 42.5 Å². The highest BCUT2D eigenvalue weighted by atomic mass is 16.5. The number of carbonyl (C=O) groups excluding carboxylic acids is 1. The Morgan fingerprint density at radius 1 is 1.15 bits per heavy atom. The number of nitrogens with zero attached hydrogens (tertiary/aromatic N) is 1. The van der Waals surface area contributed by atoms with Crippen molar-refractivity contribution < 1.29 is 14.4 Å². The summed E-state index contributed by atoms with van der Waals surface area (Å²) < 4.78 is 5.86. The molecule has 0 unspecified atom stereocenters. The zero-order chi connectivity index (χ0) is 14.1. The summed E-state index contributed by atoms with van der Waals surface area (Å²) >= 11 is 0. The number of furan rings is 1. The second kappa shape index (κ2) is 4.86. The van der Waals surface area contributed by atoms with Gasteiger partial charge in [-0.1, -0.05) is 36.4 Å². The summed E-state index contributed by atoms with van der Waals surface area (Å²) in [6.45, 7) is 0.130. The minimum absolute atomic E-state index is 0.130. The number of nitrogens with two attached hydrogens (primary N) is 1. The van der Waals surface area contributed by atoms with Crippen LogP contribution in [0.3, 0.4) is 0 Å². The molecule has 20 heavy (non-hydrogen) atoms. The lowest BCUT2D eigenvalue weighted by Crippen LogP contribution is -2.34. The number of rotatable bonds is 3. The molecule has 0 saturated heterocycles. The highest BCUT2D eigenvalue weighted by Crippen LogP contribution is 2.30. The Morgan fingerprint density at radius 3 is 2.70 bits per heavy atom. The van der Waals surface area contributed by atoms with E-state index < -0.39 is 6.03 Å². The lowest BCUT2D eigenvalue weighted by molar-refractivity contribution is -0.0381. The molecule has 0 aliphatic carbocycles. The molecule has 0 aliphatic heterocycles. The maximum Gasteiger partial charge on any atom is 0.338 e. The normalized spacial score (nSPS) is 11.1. The molecular weight excluding hydrogens is 256 g/mol. The molecule has 0 atom stereocenters. The number of hydroxylamine groups is 2. The summed E-state index contributed by atoms with van der Waals surface area (Å²) in [6, 6.07) is 12.8. The van der Waals surface area contributed by atoms with E-state index in [1.165, 1.54) is 0 Å². The second-order valence-electron chi connectivity index (χ2n) is 4.60. The lowest BCUT2D eigenvalue weighted by atomic mass is 10.1. The fraction of sp³-hybridized carbons (Fsp3) is 0.133. The van der Waals surface area contributed by atoms with Gasteiger partial charge in [0, 0.05) is 10.8 Å². The molecule has 2 aromatic carbocycles. The third kappa shape index (κ3) is 2.08. The molecule has 102 valence electrons. The number of para-hydroxylation sites is 2. The van der Waals surface area contributed by atoms with Gasteiger partial charge in [-0.05, 0) is 18.1 Å². The molecule has 3 rings (SSSR count). The van der Waals surface area contributed by atoms with Gasteiger partial charge in [0.1, 0.15) is 11.2 Å². The van der Waals surface area contributed by atoms with Crippen molar-refractivity contribution in [2.75, 3.05) is 6.54 Å². The van der Waals surface area contributed by atoms with Crippen LogP contribution in [0.4, 0.5) is 4.79 Å². The lowest BCUT2D eigenvalue weighted by Gasteiger charge is -2.11. The van der Waals surface area contributed by atoms with E-state index in [-0.39, 0.29) is 6.54 Å². The maximum atomic E-state index is 10.8. The zero-order valence-electron chi connectivity index (χ0n) is 10.7. The molecule has 0 fully saturated rings. The first-order valence-electron chi connectivity index (χ1n) is 6.32. The molecule has 0 radical (unpaired) electrons. The van der Waals surface area contributed by atoms with Crippen molar-refractivity contribution in [3.8, 4) is 0 Å². The standard InChI is InChI=1S/C15H14N2O3/c16-15(18)17(19)9-8-10-4-3-6-12-11-5-1-2-7-13(11)20-14(10)12/h1-7,19H,8-9H2,(H2,16,18). The molecule has 0 bridgehead atoms. The molecule has 2 amide bonds. The van der Waals surface area contributed by atoms with Gasteiger partial charge in [0.25, 0.3) is 0 Å². The molecule has 0 spiro atoms. The number of carbonyl (C=O) groups is 1. The molecular formula is C15H14N2O3. The van der Waals surface area contributed by atoms with Crippen LogP contribution in [-0.2, 0) is 6.42 Å². The van der Waals surface area contributed by atoms with Crippen molar-refractivity contribution >= 4 is 28.0 Å². The fourth-order valence-electron chi connectivity index (χ4n) is 2.34. The number of fused-ring (bicyclic) bond motifs is 3. The van der Waals surface area contributed by atoms with Crippen LogP contribution in [0, 0.1) is 0 Å². The van der Waals surface area contributed by atoms with Gasteiger partial charge in [0.2, 0.25) is 0 Å². The van der Waals surface area contributed by atoms with Crippen molar-refractivity contribution in [3.05, 3.63) is 48.0 Å². The van der Waals surface area contributed by atoms with Crippen LogP contribution in [0.1, 0.15) is 5.56 Å². The van der Waals surface area contributed by atoms with E-state index in [0.29, 0.717) is 11.5 Å². The van der Waals surface area contributed by atoms with Crippen LogP contribution < -0.4 is 5.73 Å². The number of benzene rings is 2. The Hall–Kier alpha value is -2.53. The zero-order valence-corrected chi connectivity index (χ0v) is 10.7. The Balaban J connectivity index is 2.01. The smallest absolute Gasteiger partial charge is 0.338 e. The summed E-state index contributed by atoms with van der Waals surface area (Å²) in [7, 11) is 0. The van der Waals surface area contributed by atoms with Gasteiger partial charge in [0.15, 0.2) is 0 Å². The van der Waals surface area contributed by atoms with E-state index in [0.717, 1.165) is 27.5 Å². The first kappa shape index (κ1) is 12.5. The Labute approximate surface area is 115 Å². The highest BCUT2D eigenvalue weighted by molar-refractivity contribution is 6.05. The average Bonchev–Trinajstić information content (AvgIpc) is 2.83. The van der Waals surface area contributed by atoms with Crippen LogP contribution in [-0.4, -0.2) is 22.8 Å². The van der Waals surface area contributed by atoms with E-state index >= 15 is 0 Å². The van der Waals surface area contributed by atoms with E-state index in [9.17, 15) is 10.0 Å². The maximum absolute atomic E-state index is 10.8. The SMILES string of the molecule is NC(=O)N(O)CCc1cccc2c1oc1ccccc12. The van der Waals surface area contributed by atoms with Crippen LogP contribution >= 0.6 is 0 Å². The third-order valence-electron chi connectivity index (χ3n) is 3.33. The number of hydrogen-bond acceptors (Lipinski definition) is 3. The quantitative estimate of drug-likeness (QED) is 0.567. The van der Waals surface area contributed by atoms with Crippen LogP contribution in [0.15, 0.2) is 46.9 Å². The van der Waals surface area contributed by atoms with Gasteiger partial charge in [-0.3, -0.25) is 5.21 Å². The molecule has 1 heterocycles. The van der Waals surface area contributed by atoms with Crippen LogP contribution in [0.2, 0.25) is 0 Å². The van der Waals surface area contributed by atoms with Gasteiger partial charge in [-0.2, -0.15) is 0 Å². The molecule has 3 N–H and O–H groups in total. The molecule has 5 heteroatoms. The van der Waals surface area contributed by atoms with Crippen LogP contribution in [0.25, 0.3) is 21.9 Å².